The number of rotatable bonds is 4. The summed E-state index contributed by atoms with van der Waals surface area (Å²) in [6.45, 7) is 5.22. The highest BCUT2D eigenvalue weighted by atomic mass is 15.3. The first-order valence-electron chi connectivity index (χ1n) is 5.67. The highest BCUT2D eigenvalue weighted by Crippen LogP contribution is 2.11. The second-order valence-electron chi connectivity index (χ2n) is 4.44. The molecule has 1 aromatic heterocycles. The molecule has 0 fully saturated rings. The number of hydrogen-bond acceptors (Lipinski definition) is 2. The average Bonchev–Trinajstić information content (AvgIpc) is 2.86. The SMILES string of the molecule is CC(C)n1cc(CNC2CC=CC2)cn1. The summed E-state index contributed by atoms with van der Waals surface area (Å²) < 4.78 is 2.00. The van der Waals surface area contributed by atoms with E-state index in [1.807, 2.05) is 10.9 Å². The van der Waals surface area contributed by atoms with Gasteiger partial charge in [-0.15, -0.1) is 0 Å². The summed E-state index contributed by atoms with van der Waals surface area (Å²) in [6, 6.07) is 1.08. The van der Waals surface area contributed by atoms with Gasteiger partial charge in [0.25, 0.3) is 0 Å². The molecular formula is C12H19N3. The molecule has 1 aliphatic carbocycles. The lowest BCUT2D eigenvalue weighted by atomic mass is 10.2. The van der Waals surface area contributed by atoms with E-state index in [4.69, 9.17) is 0 Å². The second-order valence-corrected chi connectivity index (χ2v) is 4.44. The van der Waals surface area contributed by atoms with Crippen LogP contribution in [-0.2, 0) is 6.54 Å². The summed E-state index contributed by atoms with van der Waals surface area (Å²) >= 11 is 0. The van der Waals surface area contributed by atoms with Gasteiger partial charge in [-0.05, 0) is 26.7 Å². The fraction of sp³-hybridized carbons (Fsp3) is 0.583. The van der Waals surface area contributed by atoms with Gasteiger partial charge in [0.2, 0.25) is 0 Å². The van der Waals surface area contributed by atoms with Gasteiger partial charge in [-0.2, -0.15) is 5.10 Å². The third kappa shape index (κ3) is 2.69. The predicted molar refractivity (Wildman–Crippen MR) is 61.6 cm³/mol. The normalized spacial score (nSPS) is 16.7. The number of hydrogen-bond donors (Lipinski definition) is 1. The Balaban J connectivity index is 1.82. The first-order valence-corrected chi connectivity index (χ1v) is 5.67. The smallest absolute Gasteiger partial charge is 0.0534 e. The molecule has 1 heterocycles. The van der Waals surface area contributed by atoms with Crippen LogP contribution in [-0.4, -0.2) is 15.8 Å². The minimum atomic E-state index is 0.451. The molecule has 0 bridgehead atoms. The Kier molecular flexibility index (Phi) is 3.21. The zero-order chi connectivity index (χ0) is 10.7. The summed E-state index contributed by atoms with van der Waals surface area (Å²) in [6.07, 6.45) is 10.9. The van der Waals surface area contributed by atoms with E-state index in [1.165, 1.54) is 5.56 Å². The molecule has 2 rings (SSSR count). The maximum Gasteiger partial charge on any atom is 0.0534 e. The average molecular weight is 205 g/mol. The topological polar surface area (TPSA) is 29.9 Å². The van der Waals surface area contributed by atoms with Crippen LogP contribution in [0.5, 0.6) is 0 Å². The summed E-state index contributed by atoms with van der Waals surface area (Å²) in [7, 11) is 0. The quantitative estimate of drug-likeness (QED) is 0.764. The van der Waals surface area contributed by atoms with Gasteiger partial charge < -0.3 is 5.32 Å². The molecule has 82 valence electrons. The molecule has 0 saturated carbocycles. The second kappa shape index (κ2) is 4.62. The Hall–Kier alpha value is -1.09. The Labute approximate surface area is 91.2 Å². The maximum atomic E-state index is 4.32. The van der Waals surface area contributed by atoms with Crippen LogP contribution >= 0.6 is 0 Å². The number of nitrogens with one attached hydrogen (secondary N) is 1. The molecule has 3 heteroatoms. The van der Waals surface area contributed by atoms with E-state index >= 15 is 0 Å². The van der Waals surface area contributed by atoms with Gasteiger partial charge in [0.05, 0.1) is 6.20 Å². The molecule has 0 aliphatic heterocycles. The molecule has 0 aromatic carbocycles. The molecule has 0 unspecified atom stereocenters. The van der Waals surface area contributed by atoms with E-state index in [9.17, 15) is 0 Å². The van der Waals surface area contributed by atoms with Gasteiger partial charge in [-0.1, -0.05) is 12.2 Å². The molecule has 0 amide bonds. The highest BCUT2D eigenvalue weighted by Gasteiger charge is 2.09. The monoisotopic (exact) mass is 205 g/mol. The fourth-order valence-electron chi connectivity index (χ4n) is 1.80. The predicted octanol–water partition coefficient (Wildman–Crippen LogP) is 2.27. The van der Waals surface area contributed by atoms with Crippen molar-refractivity contribution in [2.45, 2.75) is 45.3 Å². The van der Waals surface area contributed by atoms with Crippen molar-refractivity contribution in [1.82, 2.24) is 15.1 Å². The molecule has 15 heavy (non-hydrogen) atoms. The van der Waals surface area contributed by atoms with Crippen molar-refractivity contribution in [2.24, 2.45) is 0 Å². The van der Waals surface area contributed by atoms with Crippen LogP contribution in [0.4, 0.5) is 0 Å². The molecule has 1 aliphatic rings. The first kappa shape index (κ1) is 10.4. The van der Waals surface area contributed by atoms with Crippen LogP contribution in [0.3, 0.4) is 0 Å². The molecule has 1 aromatic rings. The summed E-state index contributed by atoms with van der Waals surface area (Å²) in [5.41, 5.74) is 1.27. The molecule has 0 spiro atoms. The van der Waals surface area contributed by atoms with Crippen molar-refractivity contribution in [3.63, 3.8) is 0 Å². The molecule has 1 N–H and O–H groups in total. The summed E-state index contributed by atoms with van der Waals surface area (Å²) in [5, 5.41) is 7.86. The van der Waals surface area contributed by atoms with Crippen molar-refractivity contribution < 1.29 is 0 Å². The van der Waals surface area contributed by atoms with Crippen molar-refractivity contribution in [3.05, 3.63) is 30.1 Å². The Bertz CT molecular complexity index is 330. The van der Waals surface area contributed by atoms with E-state index in [-0.39, 0.29) is 0 Å². The lowest BCUT2D eigenvalue weighted by Crippen LogP contribution is -2.25. The van der Waals surface area contributed by atoms with E-state index in [2.05, 4.69) is 42.6 Å². The minimum absolute atomic E-state index is 0.451. The largest absolute Gasteiger partial charge is 0.309 e. The van der Waals surface area contributed by atoms with Gasteiger partial charge in [0.15, 0.2) is 0 Å². The van der Waals surface area contributed by atoms with Gasteiger partial charge in [-0.25, -0.2) is 0 Å². The van der Waals surface area contributed by atoms with Crippen molar-refractivity contribution in [2.75, 3.05) is 0 Å². The van der Waals surface area contributed by atoms with Crippen molar-refractivity contribution >= 4 is 0 Å². The third-order valence-electron chi connectivity index (χ3n) is 2.79. The van der Waals surface area contributed by atoms with Crippen LogP contribution in [0, 0.1) is 0 Å². The van der Waals surface area contributed by atoms with Gasteiger partial charge >= 0.3 is 0 Å². The zero-order valence-corrected chi connectivity index (χ0v) is 9.48. The molecule has 3 nitrogen and oxygen atoms in total. The van der Waals surface area contributed by atoms with Crippen LogP contribution in [0.2, 0.25) is 0 Å². The highest BCUT2D eigenvalue weighted by molar-refractivity contribution is 5.05. The third-order valence-corrected chi connectivity index (χ3v) is 2.79. The standard InChI is InChI=1S/C12H19N3/c1-10(2)15-9-11(8-14-15)7-13-12-5-3-4-6-12/h3-4,8-10,12-13H,5-7H2,1-2H3. The summed E-state index contributed by atoms with van der Waals surface area (Å²) in [5.74, 6) is 0. The molecule has 0 atom stereocenters. The molecule has 0 radical (unpaired) electrons. The Morgan fingerprint density at radius 2 is 2.20 bits per heavy atom. The van der Waals surface area contributed by atoms with Gasteiger partial charge in [0.1, 0.15) is 0 Å². The van der Waals surface area contributed by atoms with Crippen LogP contribution in [0.15, 0.2) is 24.5 Å². The van der Waals surface area contributed by atoms with Gasteiger partial charge in [-0.3, -0.25) is 4.68 Å². The zero-order valence-electron chi connectivity index (χ0n) is 9.48. The van der Waals surface area contributed by atoms with Crippen molar-refractivity contribution in [1.29, 1.82) is 0 Å². The van der Waals surface area contributed by atoms with Crippen LogP contribution in [0.25, 0.3) is 0 Å². The van der Waals surface area contributed by atoms with Crippen LogP contribution < -0.4 is 5.32 Å². The lowest BCUT2D eigenvalue weighted by Gasteiger charge is -2.10. The number of nitrogens with zero attached hydrogens (tertiary/aromatic N) is 2. The van der Waals surface area contributed by atoms with Gasteiger partial charge in [0, 0.05) is 30.4 Å². The Morgan fingerprint density at radius 3 is 2.80 bits per heavy atom. The number of aromatic nitrogens is 2. The minimum Gasteiger partial charge on any atom is -0.309 e. The lowest BCUT2D eigenvalue weighted by molar-refractivity contribution is 0.526. The molecule has 0 saturated heterocycles. The Morgan fingerprint density at radius 1 is 1.47 bits per heavy atom. The van der Waals surface area contributed by atoms with E-state index in [1.54, 1.807) is 0 Å². The van der Waals surface area contributed by atoms with E-state index in [0.29, 0.717) is 12.1 Å². The van der Waals surface area contributed by atoms with Crippen molar-refractivity contribution in [3.8, 4) is 0 Å². The van der Waals surface area contributed by atoms with Crippen LogP contribution in [0.1, 0.15) is 38.3 Å². The van der Waals surface area contributed by atoms with E-state index in [0.717, 1.165) is 19.4 Å². The maximum absolute atomic E-state index is 4.32. The first-order chi connectivity index (χ1) is 7.25. The molecular weight excluding hydrogens is 186 g/mol. The fourth-order valence-corrected chi connectivity index (χ4v) is 1.80. The van der Waals surface area contributed by atoms with E-state index < -0.39 is 0 Å². The summed E-state index contributed by atoms with van der Waals surface area (Å²) in [4.78, 5) is 0.